The minimum atomic E-state index is 1.23. The fraction of sp³-hybridized carbons (Fsp3) is 0. The van der Waals surface area contributed by atoms with Crippen molar-refractivity contribution in [3.63, 3.8) is 0 Å². The first-order valence-electron chi connectivity index (χ1n) is 6.88. The summed E-state index contributed by atoms with van der Waals surface area (Å²) in [5, 5.41) is 0. The van der Waals surface area contributed by atoms with Gasteiger partial charge in [-0.3, -0.25) is 0 Å². The van der Waals surface area contributed by atoms with Gasteiger partial charge < -0.3 is 0 Å². The lowest BCUT2D eigenvalue weighted by Crippen LogP contribution is -1.86. The van der Waals surface area contributed by atoms with E-state index in [1.807, 2.05) is 0 Å². The molecule has 0 heteroatoms. The molecule has 0 amide bonds. The van der Waals surface area contributed by atoms with E-state index >= 15 is 0 Å². The highest BCUT2D eigenvalue weighted by Gasteiger charge is 2.07. The van der Waals surface area contributed by atoms with Crippen molar-refractivity contribution in [2.24, 2.45) is 0 Å². The van der Waals surface area contributed by atoms with Gasteiger partial charge in [0.2, 0.25) is 0 Å². The molecule has 0 spiro atoms. The lowest BCUT2D eigenvalue weighted by Gasteiger charge is -2.11. The molecule has 0 heterocycles. The average molecular weight is 254 g/mol. The Labute approximate surface area is 119 Å². The van der Waals surface area contributed by atoms with Crippen LogP contribution in [-0.2, 0) is 0 Å². The second-order valence-corrected chi connectivity index (χ2v) is 5.12. The van der Waals surface area contributed by atoms with Gasteiger partial charge >= 0.3 is 0 Å². The van der Waals surface area contributed by atoms with Gasteiger partial charge in [-0.25, -0.2) is 0 Å². The summed E-state index contributed by atoms with van der Waals surface area (Å²) in [5.41, 5.74) is 7.57. The predicted molar refractivity (Wildman–Crippen MR) is 86.2 cm³/mol. The molecule has 0 saturated heterocycles. The molecule has 0 nitrogen and oxygen atoms in total. The standard InChI is InChI=1S/C20H14/c1-2-4-20-18-13-9-16(10-14-18)6-5-15-7-11-17(12-8-15)19(20)3-1/h1-14H. The molecule has 4 aliphatic carbocycles. The zero-order valence-corrected chi connectivity index (χ0v) is 11.1. The van der Waals surface area contributed by atoms with E-state index < -0.39 is 0 Å². The Kier molecular flexibility index (Phi) is 2.53. The molecule has 0 aliphatic heterocycles. The molecular weight excluding hydrogens is 240 g/mol. The van der Waals surface area contributed by atoms with Crippen molar-refractivity contribution in [2.75, 3.05) is 0 Å². The molecule has 0 N–H and O–H groups in total. The predicted octanol–water partition coefficient (Wildman–Crippen LogP) is 5.50. The monoisotopic (exact) mass is 254 g/mol. The number of hydrogen-bond acceptors (Lipinski definition) is 0. The molecular formula is C20H14. The largest absolute Gasteiger partial charge is 0.0616 e. The summed E-state index contributed by atoms with van der Waals surface area (Å²) in [6, 6.07) is 26.1. The molecule has 94 valence electrons. The van der Waals surface area contributed by atoms with Gasteiger partial charge in [0.15, 0.2) is 0 Å². The van der Waals surface area contributed by atoms with Gasteiger partial charge in [0.25, 0.3) is 0 Å². The molecule has 3 aromatic carbocycles. The summed E-state index contributed by atoms with van der Waals surface area (Å²) < 4.78 is 0. The first kappa shape index (κ1) is 11.2. The Hall–Kier alpha value is -2.60. The fourth-order valence-corrected chi connectivity index (χ4v) is 2.73. The lowest BCUT2D eigenvalue weighted by molar-refractivity contribution is 1.56. The summed E-state index contributed by atoms with van der Waals surface area (Å²) in [4.78, 5) is 0. The number of rotatable bonds is 0. The molecule has 0 saturated carbocycles. The smallest absolute Gasteiger partial charge is 0.0105 e. The Balaban J connectivity index is 2.07. The van der Waals surface area contributed by atoms with Gasteiger partial charge in [-0.15, -0.1) is 0 Å². The van der Waals surface area contributed by atoms with Crippen molar-refractivity contribution in [1.29, 1.82) is 0 Å². The molecule has 3 aromatic rings. The highest BCUT2D eigenvalue weighted by atomic mass is 14.1. The van der Waals surface area contributed by atoms with Crippen molar-refractivity contribution in [3.8, 4) is 22.3 Å². The van der Waals surface area contributed by atoms with Crippen LogP contribution >= 0.6 is 0 Å². The van der Waals surface area contributed by atoms with E-state index in [9.17, 15) is 0 Å². The van der Waals surface area contributed by atoms with Gasteiger partial charge in [-0.1, -0.05) is 84.9 Å². The Morgan fingerprint density at radius 3 is 1.20 bits per heavy atom. The minimum Gasteiger partial charge on any atom is -0.0616 e. The van der Waals surface area contributed by atoms with Gasteiger partial charge in [0.05, 0.1) is 0 Å². The molecule has 20 heavy (non-hydrogen) atoms. The summed E-state index contributed by atoms with van der Waals surface area (Å²) in [7, 11) is 0. The average Bonchev–Trinajstić information content (AvgIpc) is 2.52. The molecule has 0 aromatic heterocycles. The number of benzene rings is 3. The maximum absolute atomic E-state index is 2.20. The zero-order chi connectivity index (χ0) is 13.4. The summed E-state index contributed by atoms with van der Waals surface area (Å²) in [5.74, 6) is 0. The van der Waals surface area contributed by atoms with E-state index in [1.54, 1.807) is 0 Å². The maximum atomic E-state index is 2.20. The third-order valence-corrected chi connectivity index (χ3v) is 3.84. The highest BCUT2D eigenvalue weighted by molar-refractivity contribution is 5.85. The van der Waals surface area contributed by atoms with Crippen molar-refractivity contribution >= 4 is 12.2 Å². The van der Waals surface area contributed by atoms with Crippen LogP contribution in [0.2, 0.25) is 0 Å². The molecule has 7 rings (SSSR count). The van der Waals surface area contributed by atoms with E-state index in [1.165, 1.54) is 33.4 Å². The second kappa shape index (κ2) is 4.50. The fourth-order valence-electron chi connectivity index (χ4n) is 2.73. The third kappa shape index (κ3) is 1.86. The maximum Gasteiger partial charge on any atom is -0.0105 e. The van der Waals surface area contributed by atoms with E-state index in [0.29, 0.717) is 0 Å². The minimum absolute atomic E-state index is 1.23. The molecule has 4 aliphatic rings. The van der Waals surface area contributed by atoms with Crippen LogP contribution in [0.4, 0.5) is 0 Å². The van der Waals surface area contributed by atoms with Crippen LogP contribution in [0.1, 0.15) is 11.1 Å². The van der Waals surface area contributed by atoms with Crippen LogP contribution in [-0.4, -0.2) is 0 Å². The van der Waals surface area contributed by atoms with Crippen LogP contribution in [0.25, 0.3) is 34.4 Å². The van der Waals surface area contributed by atoms with E-state index in [2.05, 4.69) is 84.9 Å². The Morgan fingerprint density at radius 1 is 0.400 bits per heavy atom. The zero-order valence-electron chi connectivity index (χ0n) is 11.1. The van der Waals surface area contributed by atoms with Crippen molar-refractivity contribution in [2.45, 2.75) is 0 Å². The topological polar surface area (TPSA) is 0 Å². The van der Waals surface area contributed by atoms with Crippen LogP contribution < -0.4 is 0 Å². The Bertz CT molecular complexity index is 707. The molecule has 0 fully saturated rings. The molecule has 0 unspecified atom stereocenters. The van der Waals surface area contributed by atoms with Crippen molar-refractivity contribution in [1.82, 2.24) is 0 Å². The van der Waals surface area contributed by atoms with Crippen molar-refractivity contribution < 1.29 is 0 Å². The van der Waals surface area contributed by atoms with Gasteiger partial charge in [-0.05, 0) is 33.4 Å². The van der Waals surface area contributed by atoms with Gasteiger partial charge in [0.1, 0.15) is 0 Å². The van der Waals surface area contributed by atoms with Crippen LogP contribution in [0.5, 0.6) is 0 Å². The second-order valence-electron chi connectivity index (χ2n) is 5.12. The van der Waals surface area contributed by atoms with Gasteiger partial charge in [0, 0.05) is 0 Å². The van der Waals surface area contributed by atoms with Crippen LogP contribution in [0.3, 0.4) is 0 Å². The number of hydrogen-bond donors (Lipinski definition) is 0. The SMILES string of the molecule is C1=Cc2ccc(cc2)-c2ccccc2-c2ccc1cc2. The van der Waals surface area contributed by atoms with Crippen LogP contribution in [0.15, 0.2) is 72.8 Å². The van der Waals surface area contributed by atoms with Crippen molar-refractivity contribution in [3.05, 3.63) is 83.9 Å². The quantitative estimate of drug-likeness (QED) is 0.388. The first-order valence-corrected chi connectivity index (χ1v) is 6.88. The Morgan fingerprint density at radius 2 is 0.800 bits per heavy atom. The summed E-state index contributed by atoms with van der Waals surface area (Å²) >= 11 is 0. The normalized spacial score (nSPS) is 11.8. The third-order valence-electron chi connectivity index (χ3n) is 3.84. The summed E-state index contributed by atoms with van der Waals surface area (Å²) in [6.45, 7) is 0. The highest BCUT2D eigenvalue weighted by Crippen LogP contribution is 2.33. The molecule has 4 bridgehead atoms. The van der Waals surface area contributed by atoms with E-state index in [0.717, 1.165) is 0 Å². The molecule has 0 atom stereocenters. The van der Waals surface area contributed by atoms with E-state index in [4.69, 9.17) is 0 Å². The van der Waals surface area contributed by atoms with E-state index in [-0.39, 0.29) is 0 Å². The molecule has 0 radical (unpaired) electrons. The first-order chi connectivity index (χ1) is 9.90. The van der Waals surface area contributed by atoms with Gasteiger partial charge in [-0.2, -0.15) is 0 Å². The summed E-state index contributed by atoms with van der Waals surface area (Å²) in [6.07, 6.45) is 4.32. The van der Waals surface area contributed by atoms with Crippen LogP contribution in [0, 0.1) is 0 Å². The lowest BCUT2D eigenvalue weighted by atomic mass is 9.93.